The number of aryl methyl sites for hydroxylation is 2. The zero-order chi connectivity index (χ0) is 30.6. The molecule has 1 unspecified atom stereocenters. The van der Waals surface area contributed by atoms with E-state index in [1.165, 1.54) is 11.1 Å². The summed E-state index contributed by atoms with van der Waals surface area (Å²) in [6.07, 6.45) is 4.41. The Morgan fingerprint density at radius 3 is 2.31 bits per heavy atom. The molecule has 42 heavy (non-hydrogen) atoms. The Labute approximate surface area is 240 Å². The molecule has 3 N–H and O–H groups in total. The van der Waals surface area contributed by atoms with E-state index in [0.29, 0.717) is 13.0 Å². The first kappa shape index (κ1) is 31.4. The van der Waals surface area contributed by atoms with Gasteiger partial charge in [-0.3, -0.25) is 19.7 Å². The number of rotatable bonds is 12. The van der Waals surface area contributed by atoms with Gasteiger partial charge in [-0.25, -0.2) is 8.78 Å². The number of carboxylic acid groups (broad SMARTS) is 1. The van der Waals surface area contributed by atoms with Crippen LogP contribution in [0.2, 0.25) is 0 Å². The largest absolute Gasteiger partial charge is 0.481 e. The van der Waals surface area contributed by atoms with Crippen molar-refractivity contribution in [3.63, 3.8) is 0 Å². The number of carboxylic acids is 1. The van der Waals surface area contributed by atoms with Crippen molar-refractivity contribution in [2.75, 3.05) is 13.2 Å². The van der Waals surface area contributed by atoms with Crippen LogP contribution in [-0.4, -0.2) is 48.1 Å². The summed E-state index contributed by atoms with van der Waals surface area (Å²) in [7, 11) is 0. The fraction of sp³-hybridized carbons (Fsp3) is 0.500. The van der Waals surface area contributed by atoms with E-state index in [1.807, 2.05) is 6.07 Å². The van der Waals surface area contributed by atoms with Gasteiger partial charge in [-0.2, -0.15) is 8.78 Å². The molecule has 2 aromatic carbocycles. The van der Waals surface area contributed by atoms with E-state index in [-0.39, 0.29) is 12.0 Å². The van der Waals surface area contributed by atoms with Gasteiger partial charge in [-0.15, -0.1) is 0 Å². The van der Waals surface area contributed by atoms with Gasteiger partial charge in [0.05, 0.1) is 12.5 Å². The van der Waals surface area contributed by atoms with Crippen LogP contribution in [0.25, 0.3) is 0 Å². The summed E-state index contributed by atoms with van der Waals surface area (Å²) in [4.78, 5) is 37.9. The first-order valence-electron chi connectivity index (χ1n) is 14.0. The molecule has 2 aromatic rings. The van der Waals surface area contributed by atoms with Gasteiger partial charge in [0, 0.05) is 12.7 Å². The van der Waals surface area contributed by atoms with Gasteiger partial charge in [0.25, 0.3) is 0 Å². The molecule has 3 atom stereocenters. The van der Waals surface area contributed by atoms with Crippen LogP contribution in [0.3, 0.4) is 0 Å². The van der Waals surface area contributed by atoms with Crippen molar-refractivity contribution in [3.8, 4) is 5.75 Å². The van der Waals surface area contributed by atoms with Crippen LogP contribution < -0.4 is 15.4 Å². The lowest BCUT2D eigenvalue weighted by Crippen LogP contribution is -2.60. The summed E-state index contributed by atoms with van der Waals surface area (Å²) in [5.74, 6) is -12.2. The van der Waals surface area contributed by atoms with Crippen molar-refractivity contribution in [1.29, 1.82) is 0 Å². The molecule has 8 nitrogen and oxygen atoms in total. The minimum atomic E-state index is -1.85. The number of hydrogen-bond donors (Lipinski definition) is 3. The maximum Gasteiger partial charge on any atom is 0.305 e. The zero-order valence-electron chi connectivity index (χ0n) is 23.4. The molecule has 1 saturated heterocycles. The maximum absolute atomic E-state index is 14.0. The van der Waals surface area contributed by atoms with Crippen molar-refractivity contribution in [2.45, 2.75) is 76.6 Å². The van der Waals surface area contributed by atoms with E-state index in [1.54, 1.807) is 13.8 Å². The number of carbonyl (C=O) groups excluding carboxylic acids is 2. The monoisotopic (exact) mass is 594 g/mol. The lowest BCUT2D eigenvalue weighted by molar-refractivity contribution is -0.143. The molecule has 0 bridgehead atoms. The second kappa shape index (κ2) is 13.2. The molecule has 12 heteroatoms. The second-order valence-electron chi connectivity index (χ2n) is 11.0. The van der Waals surface area contributed by atoms with Crippen LogP contribution in [0.5, 0.6) is 5.75 Å². The molecule has 0 aromatic heterocycles. The average molecular weight is 595 g/mol. The third-order valence-corrected chi connectivity index (χ3v) is 7.69. The number of nitrogens with one attached hydrogen (secondary N) is 2. The van der Waals surface area contributed by atoms with E-state index in [0.717, 1.165) is 37.7 Å². The van der Waals surface area contributed by atoms with Gasteiger partial charge >= 0.3 is 5.97 Å². The molecule has 228 valence electrons. The van der Waals surface area contributed by atoms with Gasteiger partial charge in [0.1, 0.15) is 18.4 Å². The van der Waals surface area contributed by atoms with Crippen LogP contribution in [0.15, 0.2) is 24.3 Å². The molecule has 1 amide bonds. The highest BCUT2D eigenvalue weighted by atomic mass is 19.2. The number of halogens is 4. The molecule has 0 spiro atoms. The fourth-order valence-corrected chi connectivity index (χ4v) is 5.43. The fourth-order valence-electron chi connectivity index (χ4n) is 5.43. The Hall–Kier alpha value is -3.51. The molecule has 0 saturated carbocycles. The van der Waals surface area contributed by atoms with E-state index in [4.69, 9.17) is 9.47 Å². The first-order chi connectivity index (χ1) is 19.9. The highest BCUT2D eigenvalue weighted by Crippen LogP contribution is 2.36. The molecule has 1 aliphatic carbocycles. The maximum atomic E-state index is 14.0. The number of amides is 1. The van der Waals surface area contributed by atoms with E-state index in [9.17, 15) is 37.1 Å². The Morgan fingerprint density at radius 2 is 1.69 bits per heavy atom. The van der Waals surface area contributed by atoms with Crippen LogP contribution >= 0.6 is 0 Å². The molecular formula is C30H34F4N2O6. The molecule has 1 fully saturated rings. The third kappa shape index (κ3) is 6.92. The van der Waals surface area contributed by atoms with Crippen LogP contribution in [0.1, 0.15) is 62.6 Å². The summed E-state index contributed by atoms with van der Waals surface area (Å²) in [5.41, 5.74) is 2.39. The average Bonchev–Trinajstić information content (AvgIpc) is 3.42. The van der Waals surface area contributed by atoms with Gasteiger partial charge in [0.15, 0.2) is 23.2 Å². The molecule has 2 aliphatic rings. The quantitative estimate of drug-likeness (QED) is 0.248. The summed E-state index contributed by atoms with van der Waals surface area (Å²) in [6.45, 7) is 2.86. The highest BCUT2D eigenvalue weighted by molar-refractivity contribution is 5.94. The van der Waals surface area contributed by atoms with Crippen molar-refractivity contribution >= 4 is 17.7 Å². The Balaban J connectivity index is 1.53. The number of carbonyl (C=O) groups is 3. The summed E-state index contributed by atoms with van der Waals surface area (Å²) >= 11 is 0. The van der Waals surface area contributed by atoms with Crippen LogP contribution in [-0.2, 0) is 37.7 Å². The lowest BCUT2D eigenvalue weighted by atomic mass is 9.89. The van der Waals surface area contributed by atoms with Gasteiger partial charge < -0.3 is 19.9 Å². The third-order valence-electron chi connectivity index (χ3n) is 7.69. The number of hydrogen-bond acceptors (Lipinski definition) is 6. The molecular weight excluding hydrogens is 560 g/mol. The Kier molecular flexibility index (Phi) is 9.88. The van der Waals surface area contributed by atoms with Crippen molar-refractivity contribution in [1.82, 2.24) is 10.6 Å². The number of ether oxygens (including phenoxy) is 2. The number of benzene rings is 2. The predicted molar refractivity (Wildman–Crippen MR) is 143 cm³/mol. The number of aliphatic carboxylic acids is 1. The van der Waals surface area contributed by atoms with Crippen LogP contribution in [0.4, 0.5) is 17.6 Å². The Bertz CT molecular complexity index is 1320. The number of fused-ring (bicyclic) bond motifs is 1. The standard InChI is InChI=1S/C30H34F4N2O6/c1-16(2)27(36-30(10-3-4-11-42-30)19-9-8-17-6-5-7-18(17)12-19)29(40)35-22(14-24(38)39)23(37)15-41-28-25(33)20(31)13-21(32)26(28)34/h8-9,12-13,16,22,27,36H,3-7,10-11,14-15H2,1-2H3,(H,35,40)(H,38,39)/t22-,27-,30?/m0/s1. The minimum absolute atomic E-state index is 0.0164. The smallest absolute Gasteiger partial charge is 0.305 e. The number of ketones is 1. The SMILES string of the molecule is CC(C)[C@H](NC1(c2ccc3c(c2)CCC3)CCCCO1)C(=O)N[C@@H](CC(=O)O)C(=O)COc1c(F)c(F)cc(F)c1F. The van der Waals surface area contributed by atoms with Crippen molar-refractivity contribution < 1.29 is 46.5 Å². The lowest BCUT2D eigenvalue weighted by Gasteiger charge is -2.42. The van der Waals surface area contributed by atoms with E-state index in [2.05, 4.69) is 22.8 Å². The molecule has 1 aliphatic heterocycles. The topological polar surface area (TPSA) is 114 Å². The Morgan fingerprint density at radius 1 is 1.00 bits per heavy atom. The van der Waals surface area contributed by atoms with Crippen molar-refractivity contribution in [3.05, 3.63) is 64.2 Å². The highest BCUT2D eigenvalue weighted by Gasteiger charge is 2.41. The van der Waals surface area contributed by atoms with Crippen LogP contribution in [0, 0.1) is 29.2 Å². The van der Waals surface area contributed by atoms with Gasteiger partial charge in [0.2, 0.25) is 17.5 Å². The second-order valence-corrected chi connectivity index (χ2v) is 11.0. The minimum Gasteiger partial charge on any atom is -0.481 e. The molecule has 1 heterocycles. The summed E-state index contributed by atoms with van der Waals surface area (Å²) in [6, 6.07) is 3.54. The summed E-state index contributed by atoms with van der Waals surface area (Å²) in [5, 5.41) is 15.1. The summed E-state index contributed by atoms with van der Waals surface area (Å²) < 4.78 is 66.0. The molecule has 4 rings (SSSR count). The van der Waals surface area contributed by atoms with Gasteiger partial charge in [-0.1, -0.05) is 32.0 Å². The zero-order valence-corrected chi connectivity index (χ0v) is 23.4. The van der Waals surface area contributed by atoms with Crippen molar-refractivity contribution in [2.24, 2.45) is 5.92 Å². The predicted octanol–water partition coefficient (Wildman–Crippen LogP) is 4.31. The first-order valence-corrected chi connectivity index (χ1v) is 14.0. The molecule has 0 radical (unpaired) electrons. The van der Waals surface area contributed by atoms with E-state index < -0.39 is 77.5 Å². The normalized spacial score (nSPS) is 19.7. The van der Waals surface area contributed by atoms with E-state index >= 15 is 0 Å². The number of Topliss-reactive ketones (excluding diaryl/α,β-unsaturated/α-hetero) is 1. The van der Waals surface area contributed by atoms with Gasteiger partial charge in [-0.05, 0) is 61.1 Å².